The van der Waals surface area contributed by atoms with Gasteiger partial charge in [0, 0.05) is 25.0 Å². The SMILES string of the molecule is CSCC(C)N(C)c1nccc(N)n1. The molecule has 0 saturated carbocycles. The van der Waals surface area contributed by atoms with Crippen LogP contribution in [-0.4, -0.2) is 35.1 Å². The summed E-state index contributed by atoms with van der Waals surface area (Å²) in [6.07, 6.45) is 3.77. The summed E-state index contributed by atoms with van der Waals surface area (Å²) in [4.78, 5) is 10.4. The van der Waals surface area contributed by atoms with Crippen LogP contribution in [0.4, 0.5) is 11.8 Å². The van der Waals surface area contributed by atoms with E-state index in [1.54, 1.807) is 12.3 Å². The maximum Gasteiger partial charge on any atom is 0.227 e. The number of anilines is 2. The van der Waals surface area contributed by atoms with Crippen molar-refractivity contribution >= 4 is 23.5 Å². The molecule has 1 aromatic heterocycles. The lowest BCUT2D eigenvalue weighted by molar-refractivity contribution is 0.739. The van der Waals surface area contributed by atoms with Crippen LogP contribution in [0.1, 0.15) is 6.92 Å². The predicted octanol–water partition coefficient (Wildman–Crippen LogP) is 1.25. The molecular weight excluding hydrogens is 196 g/mol. The van der Waals surface area contributed by atoms with E-state index in [1.807, 2.05) is 23.7 Å². The van der Waals surface area contributed by atoms with Crippen LogP contribution in [0.25, 0.3) is 0 Å². The molecule has 0 aromatic carbocycles. The highest BCUT2D eigenvalue weighted by atomic mass is 32.2. The standard InChI is InChI=1S/C9H16N4S/c1-7(6-14-3)13(2)9-11-5-4-8(10)12-9/h4-5,7H,6H2,1-3H3,(H2,10,11,12). The van der Waals surface area contributed by atoms with Crippen molar-refractivity contribution in [3.05, 3.63) is 12.3 Å². The molecule has 78 valence electrons. The first kappa shape index (κ1) is 11.1. The number of hydrogen-bond acceptors (Lipinski definition) is 5. The van der Waals surface area contributed by atoms with E-state index in [9.17, 15) is 0 Å². The molecular formula is C9H16N4S. The summed E-state index contributed by atoms with van der Waals surface area (Å²) < 4.78 is 0. The normalized spacial score (nSPS) is 12.5. The number of hydrogen-bond donors (Lipinski definition) is 1. The molecule has 1 heterocycles. The van der Waals surface area contributed by atoms with Crippen molar-refractivity contribution in [2.24, 2.45) is 0 Å². The van der Waals surface area contributed by atoms with Gasteiger partial charge in [0.15, 0.2) is 0 Å². The molecule has 0 aliphatic carbocycles. The van der Waals surface area contributed by atoms with Gasteiger partial charge in [0.05, 0.1) is 0 Å². The van der Waals surface area contributed by atoms with E-state index < -0.39 is 0 Å². The summed E-state index contributed by atoms with van der Waals surface area (Å²) in [5, 5.41) is 0. The van der Waals surface area contributed by atoms with E-state index in [4.69, 9.17) is 5.73 Å². The van der Waals surface area contributed by atoms with Crippen molar-refractivity contribution in [1.82, 2.24) is 9.97 Å². The van der Waals surface area contributed by atoms with Crippen molar-refractivity contribution in [3.63, 3.8) is 0 Å². The number of thioether (sulfide) groups is 1. The number of nitrogen functional groups attached to an aromatic ring is 1. The lowest BCUT2D eigenvalue weighted by Gasteiger charge is -2.24. The molecule has 14 heavy (non-hydrogen) atoms. The molecule has 4 nitrogen and oxygen atoms in total. The molecule has 0 spiro atoms. The summed E-state index contributed by atoms with van der Waals surface area (Å²) in [5.41, 5.74) is 5.59. The molecule has 0 aliphatic rings. The van der Waals surface area contributed by atoms with Crippen molar-refractivity contribution in [3.8, 4) is 0 Å². The number of nitrogens with zero attached hydrogens (tertiary/aromatic N) is 3. The summed E-state index contributed by atoms with van der Waals surface area (Å²) in [7, 11) is 1.98. The van der Waals surface area contributed by atoms with Gasteiger partial charge in [-0.1, -0.05) is 0 Å². The first-order chi connectivity index (χ1) is 6.65. The number of aromatic nitrogens is 2. The second-order valence-electron chi connectivity index (χ2n) is 3.20. The second-order valence-corrected chi connectivity index (χ2v) is 4.11. The molecule has 0 fully saturated rings. The molecule has 5 heteroatoms. The molecule has 1 aromatic rings. The van der Waals surface area contributed by atoms with Gasteiger partial charge < -0.3 is 10.6 Å². The lowest BCUT2D eigenvalue weighted by atomic mass is 10.3. The summed E-state index contributed by atoms with van der Waals surface area (Å²) in [5.74, 6) is 2.25. The smallest absolute Gasteiger partial charge is 0.227 e. The highest BCUT2D eigenvalue weighted by molar-refractivity contribution is 7.98. The van der Waals surface area contributed by atoms with E-state index in [-0.39, 0.29) is 0 Å². The molecule has 0 saturated heterocycles. The third-order valence-corrected chi connectivity index (χ3v) is 2.86. The van der Waals surface area contributed by atoms with E-state index in [1.165, 1.54) is 0 Å². The van der Waals surface area contributed by atoms with E-state index in [2.05, 4.69) is 23.1 Å². The molecule has 1 atom stereocenters. The van der Waals surface area contributed by atoms with Gasteiger partial charge in [0.1, 0.15) is 5.82 Å². The van der Waals surface area contributed by atoms with Gasteiger partial charge in [-0.2, -0.15) is 16.7 Å². The van der Waals surface area contributed by atoms with Crippen LogP contribution in [0.2, 0.25) is 0 Å². The van der Waals surface area contributed by atoms with E-state index in [0.717, 1.165) is 5.75 Å². The Bertz CT molecular complexity index is 292. The molecule has 1 rings (SSSR count). The predicted molar refractivity (Wildman–Crippen MR) is 62.7 cm³/mol. The molecule has 0 amide bonds. The second kappa shape index (κ2) is 5.05. The minimum Gasteiger partial charge on any atom is -0.384 e. The van der Waals surface area contributed by atoms with Crippen LogP contribution in [0.15, 0.2) is 12.3 Å². The Kier molecular flexibility index (Phi) is 4.00. The molecule has 0 bridgehead atoms. The number of nitrogens with two attached hydrogens (primary N) is 1. The largest absolute Gasteiger partial charge is 0.384 e. The van der Waals surface area contributed by atoms with Crippen LogP contribution in [-0.2, 0) is 0 Å². The first-order valence-corrected chi connectivity index (χ1v) is 5.85. The third-order valence-electron chi connectivity index (χ3n) is 2.05. The van der Waals surface area contributed by atoms with Crippen molar-refractivity contribution in [2.45, 2.75) is 13.0 Å². The fraction of sp³-hybridized carbons (Fsp3) is 0.556. The van der Waals surface area contributed by atoms with Gasteiger partial charge in [-0.15, -0.1) is 0 Å². The third kappa shape index (κ3) is 2.77. The van der Waals surface area contributed by atoms with Crippen LogP contribution >= 0.6 is 11.8 Å². The van der Waals surface area contributed by atoms with Crippen LogP contribution in [0.3, 0.4) is 0 Å². The monoisotopic (exact) mass is 212 g/mol. The minimum absolute atomic E-state index is 0.409. The van der Waals surface area contributed by atoms with Gasteiger partial charge in [0.2, 0.25) is 5.95 Å². The topological polar surface area (TPSA) is 55.0 Å². The highest BCUT2D eigenvalue weighted by Gasteiger charge is 2.11. The maximum atomic E-state index is 5.59. The average molecular weight is 212 g/mol. The Balaban J connectivity index is 2.73. The summed E-state index contributed by atoms with van der Waals surface area (Å²) >= 11 is 1.81. The minimum atomic E-state index is 0.409. The van der Waals surface area contributed by atoms with Crippen molar-refractivity contribution in [2.75, 3.05) is 29.7 Å². The van der Waals surface area contributed by atoms with Crippen molar-refractivity contribution < 1.29 is 0 Å². The fourth-order valence-electron chi connectivity index (χ4n) is 1.08. The zero-order valence-electron chi connectivity index (χ0n) is 8.77. The van der Waals surface area contributed by atoms with Crippen LogP contribution < -0.4 is 10.6 Å². The molecule has 2 N–H and O–H groups in total. The van der Waals surface area contributed by atoms with Crippen molar-refractivity contribution in [1.29, 1.82) is 0 Å². The Hall–Kier alpha value is -0.970. The molecule has 0 radical (unpaired) electrons. The number of rotatable bonds is 4. The Morgan fingerprint density at radius 3 is 2.93 bits per heavy atom. The fourth-order valence-corrected chi connectivity index (χ4v) is 1.79. The van der Waals surface area contributed by atoms with Gasteiger partial charge >= 0.3 is 0 Å². The summed E-state index contributed by atoms with van der Waals surface area (Å²) in [6, 6.07) is 2.10. The van der Waals surface area contributed by atoms with Crippen LogP contribution in [0.5, 0.6) is 0 Å². The van der Waals surface area contributed by atoms with E-state index in [0.29, 0.717) is 17.8 Å². The van der Waals surface area contributed by atoms with Gasteiger partial charge in [-0.3, -0.25) is 0 Å². The van der Waals surface area contributed by atoms with Crippen LogP contribution in [0, 0.1) is 0 Å². The zero-order valence-corrected chi connectivity index (χ0v) is 9.58. The quantitative estimate of drug-likeness (QED) is 0.814. The average Bonchev–Trinajstić information content (AvgIpc) is 2.17. The molecule has 0 aliphatic heterocycles. The van der Waals surface area contributed by atoms with E-state index >= 15 is 0 Å². The highest BCUT2D eigenvalue weighted by Crippen LogP contribution is 2.12. The Labute approximate surface area is 88.9 Å². The van der Waals surface area contributed by atoms with Gasteiger partial charge in [-0.25, -0.2) is 4.98 Å². The summed E-state index contributed by atoms with van der Waals surface area (Å²) in [6.45, 7) is 2.14. The maximum absolute atomic E-state index is 5.59. The van der Waals surface area contributed by atoms with Gasteiger partial charge in [0.25, 0.3) is 0 Å². The zero-order chi connectivity index (χ0) is 10.6. The lowest BCUT2D eigenvalue weighted by Crippen LogP contribution is -2.32. The Morgan fingerprint density at radius 1 is 1.64 bits per heavy atom. The Morgan fingerprint density at radius 2 is 2.36 bits per heavy atom. The molecule has 1 unspecified atom stereocenters. The first-order valence-electron chi connectivity index (χ1n) is 4.45. The van der Waals surface area contributed by atoms with Gasteiger partial charge in [-0.05, 0) is 19.2 Å².